The van der Waals surface area contributed by atoms with Crippen LogP contribution in [0.3, 0.4) is 0 Å². The molecule has 0 amide bonds. The van der Waals surface area contributed by atoms with Crippen LogP contribution in [0.2, 0.25) is 5.02 Å². The molecule has 0 radical (unpaired) electrons. The number of hydrogen-bond acceptors (Lipinski definition) is 3. The molecule has 0 fully saturated rings. The molecule has 0 aromatic heterocycles. The second kappa shape index (κ2) is 8.81. The van der Waals surface area contributed by atoms with E-state index in [4.69, 9.17) is 11.6 Å². The molecule has 0 saturated carbocycles. The van der Waals surface area contributed by atoms with E-state index in [1.54, 1.807) is 0 Å². The third-order valence-corrected chi connectivity index (χ3v) is 4.02. The fraction of sp³-hybridized carbons (Fsp3) is 0.571. The Balaban J connectivity index is 2.24. The van der Waals surface area contributed by atoms with E-state index >= 15 is 0 Å². The lowest BCUT2D eigenvalue weighted by molar-refractivity contribution is 0.232. The van der Waals surface area contributed by atoms with Gasteiger partial charge < -0.3 is 10.4 Å². The normalized spacial score (nSPS) is 12.9. The monoisotopic (exact) mass is 287 g/mol. The molecule has 1 aromatic rings. The van der Waals surface area contributed by atoms with Crippen molar-refractivity contribution in [3.05, 3.63) is 34.9 Å². The SMILES string of the molecule is CC(C)NC(CO)CCSCc1ccccc1Cl. The summed E-state index contributed by atoms with van der Waals surface area (Å²) in [5.41, 5.74) is 1.18. The van der Waals surface area contributed by atoms with Gasteiger partial charge in [-0.1, -0.05) is 43.6 Å². The smallest absolute Gasteiger partial charge is 0.0585 e. The molecule has 1 unspecified atom stereocenters. The van der Waals surface area contributed by atoms with Crippen molar-refractivity contribution in [3.63, 3.8) is 0 Å². The fourth-order valence-electron chi connectivity index (χ4n) is 1.72. The van der Waals surface area contributed by atoms with Crippen molar-refractivity contribution in [1.82, 2.24) is 5.32 Å². The van der Waals surface area contributed by atoms with Crippen molar-refractivity contribution in [2.45, 2.75) is 38.1 Å². The molecule has 0 bridgehead atoms. The number of nitrogens with one attached hydrogen (secondary N) is 1. The van der Waals surface area contributed by atoms with Crippen molar-refractivity contribution in [2.75, 3.05) is 12.4 Å². The van der Waals surface area contributed by atoms with Gasteiger partial charge >= 0.3 is 0 Å². The Morgan fingerprint density at radius 1 is 1.33 bits per heavy atom. The van der Waals surface area contributed by atoms with Crippen molar-refractivity contribution in [2.24, 2.45) is 0 Å². The van der Waals surface area contributed by atoms with Gasteiger partial charge in [-0.25, -0.2) is 0 Å². The average Bonchev–Trinajstić information content (AvgIpc) is 2.34. The minimum atomic E-state index is 0.198. The van der Waals surface area contributed by atoms with Crippen LogP contribution in [-0.4, -0.2) is 29.5 Å². The first-order valence-corrected chi connectivity index (χ1v) is 7.84. The topological polar surface area (TPSA) is 32.3 Å². The van der Waals surface area contributed by atoms with Crippen LogP contribution in [-0.2, 0) is 5.75 Å². The van der Waals surface area contributed by atoms with Gasteiger partial charge in [0.25, 0.3) is 0 Å². The van der Waals surface area contributed by atoms with E-state index in [1.807, 2.05) is 30.0 Å². The van der Waals surface area contributed by atoms with Gasteiger partial charge in [0.05, 0.1) is 6.61 Å². The summed E-state index contributed by atoms with van der Waals surface area (Å²) in [5.74, 6) is 1.95. The zero-order valence-electron chi connectivity index (χ0n) is 11.0. The lowest BCUT2D eigenvalue weighted by atomic mass is 10.2. The van der Waals surface area contributed by atoms with Crippen LogP contribution in [0.1, 0.15) is 25.8 Å². The zero-order valence-corrected chi connectivity index (χ0v) is 12.6. The van der Waals surface area contributed by atoms with Gasteiger partial charge in [-0.05, 0) is 23.8 Å². The van der Waals surface area contributed by atoms with Crippen LogP contribution in [0.4, 0.5) is 0 Å². The van der Waals surface area contributed by atoms with Crippen molar-refractivity contribution >= 4 is 23.4 Å². The van der Waals surface area contributed by atoms with E-state index in [2.05, 4.69) is 25.2 Å². The van der Waals surface area contributed by atoms with Gasteiger partial charge in [-0.15, -0.1) is 0 Å². The first kappa shape index (κ1) is 15.8. The van der Waals surface area contributed by atoms with Crippen molar-refractivity contribution < 1.29 is 5.11 Å². The Hall–Kier alpha value is -0.220. The predicted octanol–water partition coefficient (Wildman–Crippen LogP) is 3.32. The van der Waals surface area contributed by atoms with Gasteiger partial charge in [0.15, 0.2) is 0 Å². The van der Waals surface area contributed by atoms with E-state index in [0.717, 1.165) is 22.9 Å². The van der Waals surface area contributed by atoms with Crippen LogP contribution in [0.15, 0.2) is 24.3 Å². The highest BCUT2D eigenvalue weighted by molar-refractivity contribution is 7.98. The van der Waals surface area contributed by atoms with E-state index in [9.17, 15) is 5.11 Å². The summed E-state index contributed by atoms with van der Waals surface area (Å²) in [4.78, 5) is 0. The summed E-state index contributed by atoms with van der Waals surface area (Å²) in [5, 5.41) is 13.4. The zero-order chi connectivity index (χ0) is 13.4. The molecule has 0 heterocycles. The number of aliphatic hydroxyl groups excluding tert-OH is 1. The first-order valence-electron chi connectivity index (χ1n) is 6.31. The molecule has 0 spiro atoms. The molecule has 0 saturated heterocycles. The molecule has 18 heavy (non-hydrogen) atoms. The quantitative estimate of drug-likeness (QED) is 0.720. The molecule has 1 rings (SSSR count). The molecule has 0 aliphatic carbocycles. The second-order valence-electron chi connectivity index (χ2n) is 4.63. The second-order valence-corrected chi connectivity index (χ2v) is 6.15. The third-order valence-electron chi connectivity index (χ3n) is 2.62. The van der Waals surface area contributed by atoms with Gasteiger partial charge in [-0.2, -0.15) is 11.8 Å². The lowest BCUT2D eigenvalue weighted by Crippen LogP contribution is -2.37. The molecule has 1 aromatic carbocycles. The molecule has 0 aliphatic heterocycles. The minimum absolute atomic E-state index is 0.198. The molecule has 2 N–H and O–H groups in total. The van der Waals surface area contributed by atoms with Crippen LogP contribution in [0, 0.1) is 0 Å². The van der Waals surface area contributed by atoms with Crippen molar-refractivity contribution in [3.8, 4) is 0 Å². The van der Waals surface area contributed by atoms with Gasteiger partial charge in [-0.3, -0.25) is 0 Å². The van der Waals surface area contributed by atoms with Crippen LogP contribution < -0.4 is 5.32 Å². The molecular weight excluding hydrogens is 266 g/mol. The fourth-order valence-corrected chi connectivity index (χ4v) is 3.07. The number of halogens is 1. The Morgan fingerprint density at radius 3 is 2.67 bits per heavy atom. The maximum atomic E-state index is 9.24. The predicted molar refractivity (Wildman–Crippen MR) is 81.4 cm³/mol. The summed E-state index contributed by atoms with van der Waals surface area (Å²) in [6, 6.07) is 8.56. The van der Waals surface area contributed by atoms with E-state index in [-0.39, 0.29) is 12.6 Å². The van der Waals surface area contributed by atoms with Gasteiger partial charge in [0, 0.05) is 22.9 Å². The number of hydrogen-bond donors (Lipinski definition) is 2. The number of aliphatic hydroxyl groups is 1. The highest BCUT2D eigenvalue weighted by Crippen LogP contribution is 2.21. The maximum Gasteiger partial charge on any atom is 0.0585 e. The molecule has 2 nitrogen and oxygen atoms in total. The van der Waals surface area contributed by atoms with E-state index in [1.165, 1.54) is 5.56 Å². The van der Waals surface area contributed by atoms with Gasteiger partial charge in [0.2, 0.25) is 0 Å². The molecule has 0 aliphatic rings. The third kappa shape index (κ3) is 6.10. The minimum Gasteiger partial charge on any atom is -0.395 e. The molecule has 4 heteroatoms. The summed E-state index contributed by atoms with van der Waals surface area (Å²) >= 11 is 7.95. The van der Waals surface area contributed by atoms with Crippen LogP contribution in [0.25, 0.3) is 0 Å². The maximum absolute atomic E-state index is 9.24. The highest BCUT2D eigenvalue weighted by atomic mass is 35.5. The molecular formula is C14H22ClNOS. The largest absolute Gasteiger partial charge is 0.395 e. The standard InChI is InChI=1S/C14H22ClNOS/c1-11(2)16-13(9-17)7-8-18-10-12-5-3-4-6-14(12)15/h3-6,11,13,16-17H,7-10H2,1-2H3. The summed E-state index contributed by atoms with van der Waals surface area (Å²) in [6.45, 7) is 4.39. The summed E-state index contributed by atoms with van der Waals surface area (Å²) < 4.78 is 0. The van der Waals surface area contributed by atoms with E-state index < -0.39 is 0 Å². The van der Waals surface area contributed by atoms with Crippen LogP contribution >= 0.6 is 23.4 Å². The number of benzene rings is 1. The lowest BCUT2D eigenvalue weighted by Gasteiger charge is -2.18. The first-order chi connectivity index (χ1) is 8.63. The number of thioether (sulfide) groups is 1. The Morgan fingerprint density at radius 2 is 2.06 bits per heavy atom. The van der Waals surface area contributed by atoms with E-state index in [0.29, 0.717) is 6.04 Å². The molecule has 102 valence electrons. The Kier molecular flexibility index (Phi) is 7.75. The number of rotatable bonds is 8. The summed E-state index contributed by atoms with van der Waals surface area (Å²) in [6.07, 6.45) is 0.976. The van der Waals surface area contributed by atoms with Crippen LogP contribution in [0.5, 0.6) is 0 Å². The molecule has 1 atom stereocenters. The van der Waals surface area contributed by atoms with Gasteiger partial charge in [0.1, 0.15) is 0 Å². The highest BCUT2D eigenvalue weighted by Gasteiger charge is 2.08. The summed E-state index contributed by atoms with van der Waals surface area (Å²) in [7, 11) is 0. The van der Waals surface area contributed by atoms with Crippen molar-refractivity contribution in [1.29, 1.82) is 0 Å². The Labute approximate surface area is 119 Å². The Bertz CT molecular complexity index is 346. The average molecular weight is 288 g/mol.